The van der Waals surface area contributed by atoms with E-state index in [-0.39, 0.29) is 18.9 Å². The van der Waals surface area contributed by atoms with Crippen LogP contribution in [0.15, 0.2) is 115 Å². The molecule has 0 fully saturated rings. The average molecular weight is 636 g/mol. The van der Waals surface area contributed by atoms with Crippen LogP contribution < -0.4 is 25.1 Å². The second-order valence-corrected chi connectivity index (χ2v) is 11.1. The van der Waals surface area contributed by atoms with E-state index >= 15 is 0 Å². The first-order valence-electron chi connectivity index (χ1n) is 15.6. The zero-order valence-electron chi connectivity index (χ0n) is 26.8. The number of carbonyl (C=O) groups is 1. The molecule has 9 heteroatoms. The van der Waals surface area contributed by atoms with E-state index in [1.54, 1.807) is 20.3 Å². The summed E-state index contributed by atoms with van der Waals surface area (Å²) in [4.78, 5) is 19.1. The largest absolute Gasteiger partial charge is 0.497 e. The van der Waals surface area contributed by atoms with Crippen LogP contribution in [-0.4, -0.2) is 56.4 Å². The van der Waals surface area contributed by atoms with Gasteiger partial charge in [-0.25, -0.2) is 10.4 Å². The first-order valence-corrected chi connectivity index (χ1v) is 15.6. The van der Waals surface area contributed by atoms with Gasteiger partial charge in [0.25, 0.3) is 5.91 Å². The summed E-state index contributed by atoms with van der Waals surface area (Å²) in [7, 11) is 3.24. The van der Waals surface area contributed by atoms with Crippen molar-refractivity contribution >= 4 is 11.8 Å². The highest BCUT2D eigenvalue weighted by molar-refractivity contribution is 6.01. The van der Waals surface area contributed by atoms with E-state index in [0.29, 0.717) is 43.2 Å². The summed E-state index contributed by atoms with van der Waals surface area (Å²) in [6.07, 6.45) is 2.34. The molecule has 1 heterocycles. The van der Waals surface area contributed by atoms with Crippen LogP contribution in [0.25, 0.3) is 11.1 Å². The summed E-state index contributed by atoms with van der Waals surface area (Å²) in [6.45, 7) is 4.87. The Morgan fingerprint density at radius 1 is 0.936 bits per heavy atom. The topological polar surface area (TPSA) is 111 Å². The van der Waals surface area contributed by atoms with Gasteiger partial charge >= 0.3 is 0 Å². The highest BCUT2D eigenvalue weighted by atomic mass is 16.5. The SMILES string of the molecule is C=CC[C@]1(C(=O)NNCCc2cc(OC)ccc2OC)N=C(c2ccc(OCCCO)cc2)O[C@H]1c1ccc(-c2ccccc2)cc1. The molecule has 0 spiro atoms. The maximum absolute atomic E-state index is 14.1. The molecule has 4 aromatic carbocycles. The van der Waals surface area contributed by atoms with Crippen LogP contribution in [0.5, 0.6) is 17.2 Å². The molecule has 0 bridgehead atoms. The van der Waals surface area contributed by atoms with Gasteiger partial charge in [0.1, 0.15) is 17.2 Å². The number of nitrogens with zero attached hydrogens (tertiary/aromatic N) is 1. The minimum Gasteiger partial charge on any atom is -0.497 e. The number of hydrazine groups is 1. The van der Waals surface area contributed by atoms with Crippen LogP contribution in [0.2, 0.25) is 0 Å². The van der Waals surface area contributed by atoms with Crippen LogP contribution in [0.3, 0.4) is 0 Å². The van der Waals surface area contributed by atoms with Crippen molar-refractivity contribution in [3.63, 3.8) is 0 Å². The molecule has 0 aromatic heterocycles. The summed E-state index contributed by atoms with van der Waals surface area (Å²) in [6, 6.07) is 31.1. The van der Waals surface area contributed by atoms with Gasteiger partial charge in [0, 0.05) is 31.6 Å². The molecule has 0 aliphatic carbocycles. The van der Waals surface area contributed by atoms with Gasteiger partial charge in [0.05, 0.1) is 20.8 Å². The minimum absolute atomic E-state index is 0.0634. The Morgan fingerprint density at radius 2 is 1.64 bits per heavy atom. The summed E-state index contributed by atoms with van der Waals surface area (Å²) < 4.78 is 23.1. The molecule has 244 valence electrons. The number of nitrogens with one attached hydrogen (secondary N) is 2. The molecule has 4 aromatic rings. The maximum Gasteiger partial charge on any atom is 0.266 e. The lowest BCUT2D eigenvalue weighted by atomic mass is 9.84. The number of ether oxygens (including phenoxy) is 4. The Kier molecular flexibility index (Phi) is 11.3. The number of hydrogen-bond acceptors (Lipinski definition) is 8. The number of aliphatic hydroxyl groups is 1. The van der Waals surface area contributed by atoms with Crippen molar-refractivity contribution < 1.29 is 28.8 Å². The predicted molar refractivity (Wildman–Crippen MR) is 183 cm³/mol. The Balaban J connectivity index is 1.40. The molecule has 1 aliphatic rings. The quantitative estimate of drug-likeness (QED) is 0.0808. The van der Waals surface area contributed by atoms with Crippen molar-refractivity contribution in [2.24, 2.45) is 4.99 Å². The monoisotopic (exact) mass is 635 g/mol. The highest BCUT2D eigenvalue weighted by Gasteiger charge is 2.52. The summed E-state index contributed by atoms with van der Waals surface area (Å²) in [5, 5.41) is 9.06. The molecule has 2 atom stereocenters. The maximum atomic E-state index is 14.1. The second kappa shape index (κ2) is 15.9. The van der Waals surface area contributed by atoms with E-state index in [9.17, 15) is 4.79 Å². The average Bonchev–Trinajstić information content (AvgIpc) is 3.51. The highest BCUT2D eigenvalue weighted by Crippen LogP contribution is 2.43. The number of rotatable bonds is 16. The van der Waals surface area contributed by atoms with Gasteiger partial charge in [0.15, 0.2) is 11.6 Å². The first-order chi connectivity index (χ1) is 23.0. The number of amides is 1. The molecule has 0 radical (unpaired) electrons. The fraction of sp³-hybridized carbons (Fsp3) is 0.263. The molecule has 0 unspecified atom stereocenters. The Bertz CT molecular complexity index is 1660. The number of methoxy groups -OCH3 is 2. The van der Waals surface area contributed by atoms with Gasteiger partial charge in [-0.1, -0.05) is 60.7 Å². The lowest BCUT2D eigenvalue weighted by Gasteiger charge is -2.29. The summed E-state index contributed by atoms with van der Waals surface area (Å²) in [5.74, 6) is 2.14. The number of aliphatic hydroxyl groups excluding tert-OH is 1. The Labute approximate surface area is 275 Å². The van der Waals surface area contributed by atoms with Gasteiger partial charge in [-0.3, -0.25) is 10.2 Å². The zero-order valence-corrected chi connectivity index (χ0v) is 26.8. The van der Waals surface area contributed by atoms with E-state index in [4.69, 9.17) is 29.0 Å². The van der Waals surface area contributed by atoms with Gasteiger partial charge in [-0.2, -0.15) is 0 Å². The number of aliphatic imine (C=N–C) groups is 1. The van der Waals surface area contributed by atoms with Crippen LogP contribution >= 0.6 is 0 Å². The molecule has 0 saturated heterocycles. The van der Waals surface area contributed by atoms with Crippen LogP contribution in [0.4, 0.5) is 0 Å². The summed E-state index contributed by atoms with van der Waals surface area (Å²) in [5.41, 5.74) is 9.26. The molecule has 0 saturated carbocycles. The van der Waals surface area contributed by atoms with Crippen molar-refractivity contribution in [1.29, 1.82) is 0 Å². The molecule has 9 nitrogen and oxygen atoms in total. The number of hydrogen-bond donors (Lipinski definition) is 3. The Morgan fingerprint density at radius 3 is 2.32 bits per heavy atom. The van der Waals surface area contributed by atoms with E-state index in [1.165, 1.54) is 0 Å². The van der Waals surface area contributed by atoms with Crippen molar-refractivity contribution in [3.8, 4) is 28.4 Å². The van der Waals surface area contributed by atoms with Crippen molar-refractivity contribution in [2.75, 3.05) is 34.0 Å². The van der Waals surface area contributed by atoms with E-state index in [1.807, 2.05) is 84.9 Å². The molecular weight excluding hydrogens is 594 g/mol. The second-order valence-electron chi connectivity index (χ2n) is 11.1. The third-order valence-electron chi connectivity index (χ3n) is 8.01. The molecule has 5 rings (SSSR count). The Hall–Kier alpha value is -5.12. The standard InChI is InChI=1S/C38H41N3O6/c1-4-22-38(37(43)41-39-23-21-31-26-33(44-2)19-20-34(31)45-3)35(29-13-11-28(12-14-29)27-9-6-5-7-10-27)47-36(40-38)30-15-17-32(18-16-30)46-25-8-24-42/h4-7,9-20,26,35,39,42H,1,8,21-25H2,2-3H3,(H,41,43)/t35-,38-/m0/s1. The summed E-state index contributed by atoms with van der Waals surface area (Å²) >= 11 is 0. The normalized spacial score (nSPS) is 16.9. The first kappa shape index (κ1) is 33.2. The number of benzene rings is 4. The molecule has 1 aliphatic heterocycles. The van der Waals surface area contributed by atoms with Gasteiger partial charge in [0.2, 0.25) is 5.90 Å². The van der Waals surface area contributed by atoms with Crippen molar-refractivity contribution in [1.82, 2.24) is 10.9 Å². The molecule has 1 amide bonds. The van der Waals surface area contributed by atoms with Crippen LogP contribution in [-0.2, 0) is 16.0 Å². The number of carbonyl (C=O) groups excluding carboxylic acids is 1. The fourth-order valence-corrected chi connectivity index (χ4v) is 5.54. The van der Waals surface area contributed by atoms with Crippen molar-refractivity contribution in [2.45, 2.75) is 30.9 Å². The third-order valence-corrected chi connectivity index (χ3v) is 8.01. The minimum atomic E-state index is -1.33. The van der Waals surface area contributed by atoms with Crippen molar-refractivity contribution in [3.05, 3.63) is 126 Å². The molecular formula is C38H41N3O6. The fourth-order valence-electron chi connectivity index (χ4n) is 5.54. The molecule has 47 heavy (non-hydrogen) atoms. The smallest absolute Gasteiger partial charge is 0.266 e. The molecule has 3 N–H and O–H groups in total. The van der Waals surface area contributed by atoms with Gasteiger partial charge < -0.3 is 24.1 Å². The lowest BCUT2D eigenvalue weighted by molar-refractivity contribution is -0.129. The third kappa shape index (κ3) is 7.82. The van der Waals surface area contributed by atoms with Gasteiger partial charge in [-0.15, -0.1) is 6.58 Å². The van der Waals surface area contributed by atoms with E-state index < -0.39 is 11.6 Å². The van der Waals surface area contributed by atoms with E-state index in [2.05, 4.69) is 29.6 Å². The van der Waals surface area contributed by atoms with Crippen LogP contribution in [0, 0.1) is 0 Å². The lowest BCUT2D eigenvalue weighted by Crippen LogP contribution is -2.52. The predicted octanol–water partition coefficient (Wildman–Crippen LogP) is 5.83. The van der Waals surface area contributed by atoms with E-state index in [0.717, 1.165) is 33.8 Å². The van der Waals surface area contributed by atoms with Crippen LogP contribution in [0.1, 0.15) is 35.6 Å². The zero-order chi connectivity index (χ0) is 33.1. The van der Waals surface area contributed by atoms with Gasteiger partial charge in [-0.05, 0) is 71.1 Å².